The lowest BCUT2D eigenvalue weighted by Gasteiger charge is -2.12. The second-order valence-electron chi connectivity index (χ2n) is 7.57. The normalized spacial score (nSPS) is 11.3. The summed E-state index contributed by atoms with van der Waals surface area (Å²) in [5.41, 5.74) is 3.40. The minimum atomic E-state index is -4.17. The monoisotopic (exact) mass is 496 g/mol. The Morgan fingerprint density at radius 1 is 0.971 bits per heavy atom. The lowest BCUT2D eigenvalue weighted by atomic mass is 10.1. The van der Waals surface area contributed by atoms with Crippen molar-refractivity contribution in [3.63, 3.8) is 0 Å². The van der Waals surface area contributed by atoms with Crippen LogP contribution >= 0.6 is 0 Å². The maximum absolute atomic E-state index is 13.0. The number of carbonyl (C=O) groups excluding carboxylic acids is 1. The van der Waals surface area contributed by atoms with E-state index < -0.39 is 10.1 Å². The van der Waals surface area contributed by atoms with E-state index in [-0.39, 0.29) is 28.5 Å². The van der Waals surface area contributed by atoms with Crippen LogP contribution in [0.1, 0.15) is 30.9 Å². The van der Waals surface area contributed by atoms with Gasteiger partial charge in [-0.25, -0.2) is 5.43 Å². The standard InChI is InChI=1S/C26H28N2O6S/c1-3-4-15-33-24-13-14-25(35(30,31)34-22-10-6-5-7-11-22)21(18-24)19-27-28-26(29)17-20-9-8-12-23(16-20)32-2/h5-14,16,18-19H,3-4,15,17H2,1-2H3,(H,28,29)/b27-19+. The summed E-state index contributed by atoms with van der Waals surface area (Å²) in [5, 5.41) is 3.97. The Morgan fingerprint density at radius 2 is 1.74 bits per heavy atom. The number of benzene rings is 3. The van der Waals surface area contributed by atoms with Crippen LogP contribution in [0.2, 0.25) is 0 Å². The maximum Gasteiger partial charge on any atom is 0.339 e. The number of hydrogen-bond acceptors (Lipinski definition) is 7. The molecule has 3 aromatic rings. The zero-order valence-electron chi connectivity index (χ0n) is 19.6. The van der Waals surface area contributed by atoms with Crippen LogP contribution in [0.15, 0.2) is 82.8 Å². The number of nitrogens with one attached hydrogen (secondary N) is 1. The number of unbranched alkanes of at least 4 members (excludes halogenated alkanes) is 1. The van der Waals surface area contributed by atoms with Gasteiger partial charge in [-0.1, -0.05) is 43.7 Å². The van der Waals surface area contributed by atoms with E-state index >= 15 is 0 Å². The Morgan fingerprint density at radius 3 is 2.49 bits per heavy atom. The molecule has 184 valence electrons. The molecule has 0 aliphatic carbocycles. The predicted molar refractivity (Wildman–Crippen MR) is 134 cm³/mol. The van der Waals surface area contributed by atoms with Crippen molar-refractivity contribution in [1.29, 1.82) is 0 Å². The van der Waals surface area contributed by atoms with Gasteiger partial charge in [0, 0.05) is 5.56 Å². The van der Waals surface area contributed by atoms with Crippen LogP contribution in [0.3, 0.4) is 0 Å². The Balaban J connectivity index is 1.79. The van der Waals surface area contributed by atoms with Gasteiger partial charge in [0.1, 0.15) is 22.1 Å². The topological polar surface area (TPSA) is 103 Å². The van der Waals surface area contributed by atoms with Gasteiger partial charge in [-0.05, 0) is 54.4 Å². The van der Waals surface area contributed by atoms with Crippen molar-refractivity contribution in [3.05, 3.63) is 83.9 Å². The quantitative estimate of drug-likeness (QED) is 0.173. The van der Waals surface area contributed by atoms with E-state index in [1.807, 2.05) is 6.92 Å². The molecule has 1 N–H and O–H groups in total. The summed E-state index contributed by atoms with van der Waals surface area (Å²) in [6, 6.07) is 19.9. The first-order valence-corrected chi connectivity index (χ1v) is 12.5. The Bertz CT molecular complexity index is 1260. The van der Waals surface area contributed by atoms with Crippen molar-refractivity contribution in [2.24, 2.45) is 5.10 Å². The molecule has 0 bridgehead atoms. The highest BCUT2D eigenvalue weighted by Gasteiger charge is 2.21. The van der Waals surface area contributed by atoms with E-state index in [1.54, 1.807) is 73.8 Å². The van der Waals surface area contributed by atoms with Crippen molar-refractivity contribution in [1.82, 2.24) is 5.43 Å². The number of carbonyl (C=O) groups is 1. The van der Waals surface area contributed by atoms with Crippen LogP contribution in [0.4, 0.5) is 0 Å². The molecule has 0 saturated carbocycles. The van der Waals surface area contributed by atoms with E-state index in [2.05, 4.69) is 10.5 Å². The number of hydrazone groups is 1. The molecule has 0 atom stereocenters. The smallest absolute Gasteiger partial charge is 0.339 e. The molecule has 3 aromatic carbocycles. The number of rotatable bonds is 12. The van der Waals surface area contributed by atoms with Crippen LogP contribution in [-0.4, -0.2) is 34.3 Å². The Labute approximate surface area is 205 Å². The van der Waals surface area contributed by atoms with Gasteiger partial charge in [0.15, 0.2) is 0 Å². The van der Waals surface area contributed by atoms with E-state index in [1.165, 1.54) is 12.3 Å². The van der Waals surface area contributed by atoms with E-state index in [0.717, 1.165) is 18.4 Å². The van der Waals surface area contributed by atoms with Gasteiger partial charge < -0.3 is 13.7 Å². The zero-order chi connectivity index (χ0) is 25.1. The highest BCUT2D eigenvalue weighted by atomic mass is 32.2. The highest BCUT2D eigenvalue weighted by molar-refractivity contribution is 7.87. The number of amides is 1. The van der Waals surface area contributed by atoms with Crippen molar-refractivity contribution in [2.45, 2.75) is 31.1 Å². The van der Waals surface area contributed by atoms with Gasteiger partial charge in [-0.2, -0.15) is 13.5 Å². The van der Waals surface area contributed by atoms with Gasteiger partial charge >= 0.3 is 10.1 Å². The van der Waals surface area contributed by atoms with Crippen LogP contribution in [-0.2, 0) is 21.3 Å². The number of hydrogen-bond donors (Lipinski definition) is 1. The van der Waals surface area contributed by atoms with E-state index in [9.17, 15) is 13.2 Å². The van der Waals surface area contributed by atoms with Crippen LogP contribution in [0.25, 0.3) is 0 Å². The molecule has 9 heteroatoms. The molecule has 0 radical (unpaired) electrons. The first-order chi connectivity index (χ1) is 16.9. The molecule has 0 saturated heterocycles. The van der Waals surface area contributed by atoms with Gasteiger partial charge in [-0.3, -0.25) is 4.79 Å². The number of para-hydroxylation sites is 1. The molecule has 8 nitrogen and oxygen atoms in total. The van der Waals surface area contributed by atoms with Gasteiger partial charge in [-0.15, -0.1) is 0 Å². The first kappa shape index (κ1) is 25.8. The van der Waals surface area contributed by atoms with Crippen LogP contribution < -0.4 is 19.1 Å². The summed E-state index contributed by atoms with van der Waals surface area (Å²) in [7, 11) is -2.61. The highest BCUT2D eigenvalue weighted by Crippen LogP contribution is 2.24. The molecule has 35 heavy (non-hydrogen) atoms. The second-order valence-corrected chi connectivity index (χ2v) is 9.09. The minimum absolute atomic E-state index is 0.0803. The molecule has 1 amide bonds. The molecule has 0 aliphatic heterocycles. The fraction of sp³-hybridized carbons (Fsp3) is 0.231. The molecular formula is C26H28N2O6S. The molecule has 0 unspecified atom stereocenters. The van der Waals surface area contributed by atoms with E-state index in [4.69, 9.17) is 13.7 Å². The van der Waals surface area contributed by atoms with Gasteiger partial charge in [0.05, 0.1) is 26.4 Å². The summed E-state index contributed by atoms with van der Waals surface area (Å²) >= 11 is 0. The summed E-state index contributed by atoms with van der Waals surface area (Å²) in [6.45, 7) is 2.54. The molecule has 0 heterocycles. The average molecular weight is 497 g/mol. The third-order valence-corrected chi connectivity index (χ3v) is 6.18. The zero-order valence-corrected chi connectivity index (χ0v) is 20.5. The molecule has 0 spiro atoms. The molecule has 0 fully saturated rings. The van der Waals surface area contributed by atoms with Crippen molar-refractivity contribution in [2.75, 3.05) is 13.7 Å². The largest absolute Gasteiger partial charge is 0.497 e. The van der Waals surface area contributed by atoms with Crippen molar-refractivity contribution in [3.8, 4) is 17.2 Å². The summed E-state index contributed by atoms with van der Waals surface area (Å²) in [6.07, 6.45) is 3.17. The van der Waals surface area contributed by atoms with Crippen molar-refractivity contribution < 1.29 is 26.9 Å². The molecule has 0 aliphatic rings. The van der Waals surface area contributed by atoms with Crippen LogP contribution in [0, 0.1) is 0 Å². The molecule has 0 aromatic heterocycles. The van der Waals surface area contributed by atoms with Gasteiger partial charge in [0.25, 0.3) is 0 Å². The summed E-state index contributed by atoms with van der Waals surface area (Å²) < 4.78 is 42.1. The number of ether oxygens (including phenoxy) is 2. The van der Waals surface area contributed by atoms with Crippen molar-refractivity contribution >= 4 is 22.2 Å². The Kier molecular flexibility index (Phi) is 9.25. The average Bonchev–Trinajstić information content (AvgIpc) is 2.84. The molecule has 3 rings (SSSR count). The maximum atomic E-state index is 13.0. The lowest BCUT2D eigenvalue weighted by Crippen LogP contribution is -2.20. The fourth-order valence-corrected chi connectivity index (χ4v) is 4.20. The minimum Gasteiger partial charge on any atom is -0.497 e. The predicted octanol–water partition coefficient (Wildman–Crippen LogP) is 4.33. The van der Waals surface area contributed by atoms with E-state index in [0.29, 0.717) is 18.1 Å². The Hall–Kier alpha value is -3.85. The van der Waals surface area contributed by atoms with Crippen LogP contribution in [0.5, 0.6) is 17.2 Å². The second kappa shape index (κ2) is 12.6. The van der Waals surface area contributed by atoms with Gasteiger partial charge in [0.2, 0.25) is 5.91 Å². The number of methoxy groups -OCH3 is 1. The third-order valence-electron chi connectivity index (χ3n) is 4.86. The number of nitrogens with zero attached hydrogens (tertiary/aromatic N) is 1. The SMILES string of the molecule is CCCCOc1ccc(S(=O)(=O)Oc2ccccc2)c(/C=N/NC(=O)Cc2cccc(OC)c2)c1. The summed E-state index contributed by atoms with van der Waals surface area (Å²) in [5.74, 6) is 0.952. The first-order valence-electron chi connectivity index (χ1n) is 11.1. The molecular weight excluding hydrogens is 468 g/mol. The lowest BCUT2D eigenvalue weighted by molar-refractivity contribution is -0.120. The fourth-order valence-electron chi connectivity index (χ4n) is 3.11. The summed E-state index contributed by atoms with van der Waals surface area (Å²) in [4.78, 5) is 12.2. The third kappa shape index (κ3) is 7.86.